The summed E-state index contributed by atoms with van der Waals surface area (Å²) in [6, 6.07) is 0. The lowest BCUT2D eigenvalue weighted by molar-refractivity contribution is -0.189. The predicted molar refractivity (Wildman–Crippen MR) is 157 cm³/mol. The topological polar surface area (TPSA) is 102 Å². The fourth-order valence-corrected chi connectivity index (χ4v) is 7.47. The Morgan fingerprint density at radius 2 is 1.76 bits per heavy atom. The van der Waals surface area contributed by atoms with Crippen LogP contribution < -0.4 is 4.74 Å². The SMILES string of the molecule is C=CC(C)(C)c1c(O)c(CC=C(C)C)c2c(c1O)C(=O)C1=C[C@@]3(OC)CC4C(C)(C)O[C@](CC=C(C)C)(C3=O)[C@]14O2. The van der Waals surface area contributed by atoms with Gasteiger partial charge in [0.2, 0.25) is 5.78 Å². The number of carbonyl (C=O) groups is 2. The first-order valence-corrected chi connectivity index (χ1v) is 14.2. The summed E-state index contributed by atoms with van der Waals surface area (Å²) in [5, 5.41) is 23.4. The first-order valence-electron chi connectivity index (χ1n) is 14.2. The van der Waals surface area contributed by atoms with Gasteiger partial charge in [0.05, 0.1) is 5.60 Å². The van der Waals surface area contributed by atoms with Gasteiger partial charge in [-0.25, -0.2) is 0 Å². The van der Waals surface area contributed by atoms with Crippen LogP contribution in [0.25, 0.3) is 0 Å². The average molecular weight is 563 g/mol. The number of fused-ring (bicyclic) bond motifs is 1. The van der Waals surface area contributed by atoms with Crippen molar-refractivity contribution >= 4 is 11.6 Å². The summed E-state index contributed by atoms with van der Waals surface area (Å²) in [7, 11) is 1.48. The number of carbonyl (C=O) groups excluding carboxylic acids is 2. The molecule has 1 aromatic carbocycles. The maximum absolute atomic E-state index is 14.7. The van der Waals surface area contributed by atoms with Gasteiger partial charge in [-0.1, -0.05) is 43.2 Å². The monoisotopic (exact) mass is 562 g/mol. The number of phenols is 2. The smallest absolute Gasteiger partial charge is 0.205 e. The van der Waals surface area contributed by atoms with Gasteiger partial charge in [-0.15, -0.1) is 6.58 Å². The molecule has 1 unspecified atom stereocenters. The van der Waals surface area contributed by atoms with Crippen molar-refractivity contribution in [2.45, 2.75) is 102 Å². The number of methoxy groups -OCH3 is 1. The number of ketones is 2. The molecule has 220 valence electrons. The van der Waals surface area contributed by atoms with Gasteiger partial charge in [-0.05, 0) is 60.5 Å². The molecule has 0 aromatic heterocycles. The van der Waals surface area contributed by atoms with E-state index in [2.05, 4.69) is 6.58 Å². The molecular weight excluding hydrogens is 520 g/mol. The average Bonchev–Trinajstić information content (AvgIpc) is 3.04. The van der Waals surface area contributed by atoms with Gasteiger partial charge in [0.25, 0.3) is 0 Å². The summed E-state index contributed by atoms with van der Waals surface area (Å²) in [4.78, 5) is 29.2. The molecule has 2 heterocycles. The summed E-state index contributed by atoms with van der Waals surface area (Å²) in [6.45, 7) is 19.1. The quantitative estimate of drug-likeness (QED) is 0.381. The number of ether oxygens (including phenoxy) is 3. The van der Waals surface area contributed by atoms with Crippen LogP contribution in [-0.2, 0) is 26.1 Å². The molecule has 0 radical (unpaired) electrons. The molecule has 2 N–H and O–H groups in total. The molecule has 1 saturated heterocycles. The second kappa shape index (κ2) is 8.92. The van der Waals surface area contributed by atoms with Crippen LogP contribution in [0.3, 0.4) is 0 Å². The number of hydrogen-bond donors (Lipinski definition) is 2. The third-order valence-corrected chi connectivity index (χ3v) is 9.67. The number of Topliss-reactive ketones (excluding diaryl/α,β-unsaturated/α-hetero) is 2. The van der Waals surface area contributed by atoms with E-state index in [1.54, 1.807) is 12.2 Å². The Morgan fingerprint density at radius 1 is 1.12 bits per heavy atom. The van der Waals surface area contributed by atoms with E-state index in [1.165, 1.54) is 7.11 Å². The molecule has 1 saturated carbocycles. The van der Waals surface area contributed by atoms with E-state index in [-0.39, 0.29) is 59.0 Å². The van der Waals surface area contributed by atoms with E-state index in [0.29, 0.717) is 5.56 Å². The summed E-state index contributed by atoms with van der Waals surface area (Å²) in [5.74, 6) is -1.58. The second-order valence-corrected chi connectivity index (χ2v) is 13.6. The number of rotatable bonds is 7. The summed E-state index contributed by atoms with van der Waals surface area (Å²) >= 11 is 0. The molecule has 3 aliphatic carbocycles. The molecule has 7 nitrogen and oxygen atoms in total. The highest BCUT2D eigenvalue weighted by molar-refractivity contribution is 6.19. The normalized spacial score (nSPS) is 30.7. The lowest BCUT2D eigenvalue weighted by atomic mass is 9.49. The van der Waals surface area contributed by atoms with Gasteiger partial charge < -0.3 is 24.4 Å². The standard InChI is InChI=1S/C34H42O7/c1-11-30(6,7)24-25(35)20(13-12-18(2)3)28-23(27(24)37)26(36)21-16-32(39-10)17-22-31(8,9)41-33(29(32)38,15-14-19(4)5)34(21,22)40-28/h11-12,14,16,22,35,37H,1,13,15,17H2,2-10H3/t22?,32-,33-,34+/m1/s1. The number of benzene rings is 1. The summed E-state index contributed by atoms with van der Waals surface area (Å²) in [5.41, 5.74) is -3.30. The first kappa shape index (κ1) is 29.3. The lowest BCUT2D eigenvalue weighted by Gasteiger charge is -2.59. The number of phenolic OH excluding ortho intramolecular Hbond substituents is 2. The molecule has 2 fully saturated rings. The van der Waals surface area contributed by atoms with Crippen LogP contribution in [-0.4, -0.2) is 51.3 Å². The number of aromatic hydroxyl groups is 2. The largest absolute Gasteiger partial charge is 0.507 e. The van der Waals surface area contributed by atoms with Crippen molar-refractivity contribution in [3.05, 3.63) is 64.3 Å². The maximum Gasteiger partial charge on any atom is 0.205 e. The van der Waals surface area contributed by atoms with Gasteiger partial charge in [0.1, 0.15) is 28.4 Å². The Labute approximate surface area is 242 Å². The van der Waals surface area contributed by atoms with Crippen LogP contribution in [0.1, 0.15) is 89.7 Å². The van der Waals surface area contributed by atoms with Crippen molar-refractivity contribution < 1.29 is 34.0 Å². The maximum atomic E-state index is 14.7. The van der Waals surface area contributed by atoms with Gasteiger partial charge in [0.15, 0.2) is 17.0 Å². The van der Waals surface area contributed by atoms with E-state index < -0.39 is 39.5 Å². The zero-order chi connectivity index (χ0) is 30.5. The van der Waals surface area contributed by atoms with Gasteiger partial charge in [0, 0.05) is 41.6 Å². The molecule has 7 heteroatoms. The number of hydrogen-bond acceptors (Lipinski definition) is 7. The van der Waals surface area contributed by atoms with Gasteiger partial charge in [-0.2, -0.15) is 0 Å². The molecule has 1 aromatic rings. The van der Waals surface area contributed by atoms with Gasteiger partial charge in [-0.3, -0.25) is 9.59 Å². The van der Waals surface area contributed by atoms with Crippen LogP contribution in [0.4, 0.5) is 0 Å². The highest BCUT2D eigenvalue weighted by atomic mass is 16.6. The van der Waals surface area contributed by atoms with Crippen LogP contribution >= 0.6 is 0 Å². The van der Waals surface area contributed by atoms with Crippen LogP contribution in [0, 0.1) is 5.92 Å². The number of allylic oxidation sites excluding steroid dienone is 4. The molecule has 2 aliphatic heterocycles. The predicted octanol–water partition coefficient (Wildman–Crippen LogP) is 6.20. The van der Waals surface area contributed by atoms with Crippen molar-refractivity contribution in [1.29, 1.82) is 0 Å². The van der Waals surface area contributed by atoms with E-state index in [0.717, 1.165) is 11.1 Å². The molecular formula is C34H42O7. The Balaban J connectivity index is 1.92. The minimum atomic E-state index is -1.55. The fourth-order valence-electron chi connectivity index (χ4n) is 7.47. The molecule has 4 bridgehead atoms. The minimum Gasteiger partial charge on any atom is -0.507 e. The van der Waals surface area contributed by atoms with Crippen LogP contribution in [0.2, 0.25) is 0 Å². The molecule has 1 spiro atoms. The van der Waals surface area contributed by atoms with E-state index in [4.69, 9.17) is 14.2 Å². The summed E-state index contributed by atoms with van der Waals surface area (Å²) in [6.07, 6.45) is 7.81. The molecule has 5 aliphatic rings. The minimum absolute atomic E-state index is 0.0254. The van der Waals surface area contributed by atoms with E-state index in [1.807, 2.05) is 67.5 Å². The van der Waals surface area contributed by atoms with Crippen LogP contribution in [0.5, 0.6) is 17.2 Å². The van der Waals surface area contributed by atoms with Crippen LogP contribution in [0.15, 0.2) is 47.6 Å². The lowest BCUT2D eigenvalue weighted by Crippen LogP contribution is -2.77. The van der Waals surface area contributed by atoms with Crippen molar-refractivity contribution in [1.82, 2.24) is 0 Å². The first-order chi connectivity index (χ1) is 19.0. The Kier molecular flexibility index (Phi) is 6.38. The molecule has 6 rings (SSSR count). The fraction of sp³-hybridized carbons (Fsp3) is 0.529. The highest BCUT2D eigenvalue weighted by Gasteiger charge is 2.84. The molecule has 41 heavy (non-hydrogen) atoms. The Morgan fingerprint density at radius 3 is 2.32 bits per heavy atom. The molecule has 0 amide bonds. The third-order valence-electron chi connectivity index (χ3n) is 9.67. The van der Waals surface area contributed by atoms with E-state index in [9.17, 15) is 19.8 Å². The van der Waals surface area contributed by atoms with Crippen molar-refractivity contribution in [2.75, 3.05) is 7.11 Å². The molecule has 4 atom stereocenters. The summed E-state index contributed by atoms with van der Waals surface area (Å²) < 4.78 is 19.7. The Hall–Kier alpha value is -3.16. The second-order valence-electron chi connectivity index (χ2n) is 13.6. The third kappa shape index (κ3) is 3.58. The van der Waals surface area contributed by atoms with Crippen molar-refractivity contribution in [3.63, 3.8) is 0 Å². The van der Waals surface area contributed by atoms with E-state index >= 15 is 0 Å². The van der Waals surface area contributed by atoms with Gasteiger partial charge >= 0.3 is 0 Å². The van der Waals surface area contributed by atoms with Crippen molar-refractivity contribution in [2.24, 2.45) is 5.92 Å². The highest BCUT2D eigenvalue weighted by Crippen LogP contribution is 2.70. The van der Waals surface area contributed by atoms with Crippen molar-refractivity contribution in [3.8, 4) is 17.2 Å². The zero-order valence-electron chi connectivity index (χ0n) is 25.7. The zero-order valence-corrected chi connectivity index (χ0v) is 25.7. The Bertz CT molecular complexity index is 1480.